The average molecular weight is 410 g/mol. The van der Waals surface area contributed by atoms with Gasteiger partial charge in [0.05, 0.1) is 11.4 Å². The topological polar surface area (TPSA) is 78.5 Å². The molecule has 6 nitrogen and oxygen atoms in total. The monoisotopic (exact) mass is 409 g/mol. The number of halogens is 1. The predicted octanol–water partition coefficient (Wildman–Crippen LogP) is 3.81. The first-order valence-electron chi connectivity index (χ1n) is 8.68. The molecule has 0 heterocycles. The van der Waals surface area contributed by atoms with Crippen LogP contribution in [0.4, 0.5) is 11.4 Å². The third-order valence-corrected chi connectivity index (χ3v) is 6.09. The molecule has 2 N–H and O–H groups in total. The zero-order chi connectivity index (χ0) is 19.9. The highest BCUT2D eigenvalue weighted by atomic mass is 35.5. The lowest BCUT2D eigenvalue weighted by molar-refractivity contribution is -0.114. The van der Waals surface area contributed by atoms with Crippen molar-refractivity contribution in [1.29, 1.82) is 0 Å². The number of nitrogens with one attached hydrogen (secondary N) is 2. The molecule has 0 spiro atoms. The molecule has 27 heavy (non-hydrogen) atoms. The van der Waals surface area contributed by atoms with E-state index in [1.165, 1.54) is 16.4 Å². The van der Waals surface area contributed by atoms with Crippen molar-refractivity contribution in [3.8, 4) is 0 Å². The summed E-state index contributed by atoms with van der Waals surface area (Å²) in [6, 6.07) is 13.2. The molecule has 8 heteroatoms. The Balaban J connectivity index is 1.91. The highest BCUT2D eigenvalue weighted by Gasteiger charge is 2.19. The van der Waals surface area contributed by atoms with Gasteiger partial charge in [0.2, 0.25) is 15.9 Å². The van der Waals surface area contributed by atoms with Crippen molar-refractivity contribution in [3.63, 3.8) is 0 Å². The van der Waals surface area contributed by atoms with Crippen LogP contribution in [0.5, 0.6) is 0 Å². The lowest BCUT2D eigenvalue weighted by Crippen LogP contribution is -2.27. The third-order valence-electron chi connectivity index (χ3n) is 3.97. The lowest BCUT2D eigenvalue weighted by Gasteiger charge is -2.17. The molecule has 2 aromatic carbocycles. The van der Waals surface area contributed by atoms with Crippen molar-refractivity contribution in [3.05, 3.63) is 53.6 Å². The summed E-state index contributed by atoms with van der Waals surface area (Å²) in [6.07, 6.45) is 1.75. The molecular formula is C19H24ClN3O3S. The molecule has 0 aromatic heterocycles. The molecule has 146 valence electrons. The van der Waals surface area contributed by atoms with Crippen molar-refractivity contribution in [2.75, 3.05) is 30.8 Å². The van der Waals surface area contributed by atoms with Gasteiger partial charge in [-0.05, 0) is 55.0 Å². The van der Waals surface area contributed by atoms with E-state index >= 15 is 0 Å². The average Bonchev–Trinajstić information content (AvgIpc) is 2.66. The maximum Gasteiger partial charge on any atom is 0.243 e. The molecule has 0 saturated heterocycles. The van der Waals surface area contributed by atoms with E-state index in [4.69, 9.17) is 11.6 Å². The molecule has 2 rings (SSSR count). The first kappa shape index (κ1) is 21.2. The van der Waals surface area contributed by atoms with E-state index in [2.05, 4.69) is 10.6 Å². The second-order valence-electron chi connectivity index (χ2n) is 6.11. The fourth-order valence-corrected chi connectivity index (χ4v) is 3.68. The minimum atomic E-state index is -3.49. The van der Waals surface area contributed by atoms with Gasteiger partial charge in [-0.3, -0.25) is 4.79 Å². The smallest absolute Gasteiger partial charge is 0.243 e. The summed E-state index contributed by atoms with van der Waals surface area (Å²) in [5, 5.41) is 6.32. The molecular weight excluding hydrogens is 386 g/mol. The molecule has 0 fully saturated rings. The lowest BCUT2D eigenvalue weighted by atomic mass is 10.3. The molecule has 0 atom stereocenters. The van der Waals surface area contributed by atoms with Gasteiger partial charge in [-0.25, -0.2) is 12.7 Å². The van der Waals surface area contributed by atoms with Crippen LogP contribution in [-0.2, 0) is 14.8 Å². The fourth-order valence-electron chi connectivity index (χ4n) is 2.35. The largest absolute Gasteiger partial charge is 0.376 e. The summed E-state index contributed by atoms with van der Waals surface area (Å²) < 4.78 is 26.3. The molecule has 0 aliphatic rings. The van der Waals surface area contributed by atoms with Gasteiger partial charge >= 0.3 is 0 Å². The van der Waals surface area contributed by atoms with Crippen LogP contribution in [0.2, 0.25) is 5.02 Å². The van der Waals surface area contributed by atoms with Crippen LogP contribution in [0.1, 0.15) is 19.8 Å². The number of nitrogens with zero attached hydrogens (tertiary/aromatic N) is 1. The van der Waals surface area contributed by atoms with Crippen LogP contribution in [-0.4, -0.2) is 38.8 Å². The summed E-state index contributed by atoms with van der Waals surface area (Å²) in [5.41, 5.74) is 1.32. The Morgan fingerprint density at radius 3 is 2.22 bits per heavy atom. The molecule has 0 unspecified atom stereocenters. The van der Waals surface area contributed by atoms with Crippen molar-refractivity contribution in [2.24, 2.45) is 0 Å². The highest BCUT2D eigenvalue weighted by Crippen LogP contribution is 2.18. The van der Waals surface area contributed by atoms with Crippen LogP contribution in [0.15, 0.2) is 53.4 Å². The van der Waals surface area contributed by atoms with E-state index in [0.717, 1.165) is 12.8 Å². The number of hydrogen-bond donors (Lipinski definition) is 2. The molecule has 0 bridgehead atoms. The van der Waals surface area contributed by atoms with Crippen LogP contribution < -0.4 is 10.6 Å². The predicted molar refractivity (Wildman–Crippen MR) is 110 cm³/mol. The molecule has 2 aromatic rings. The van der Waals surface area contributed by atoms with Gasteiger partial charge in [0.25, 0.3) is 0 Å². The van der Waals surface area contributed by atoms with Crippen molar-refractivity contribution >= 4 is 38.9 Å². The molecule has 0 aliphatic heterocycles. The minimum absolute atomic E-state index is 0.0606. The number of carbonyl (C=O) groups is 1. The highest BCUT2D eigenvalue weighted by molar-refractivity contribution is 7.89. The van der Waals surface area contributed by atoms with Gasteiger partial charge < -0.3 is 10.6 Å². The molecule has 0 radical (unpaired) electrons. The Morgan fingerprint density at radius 1 is 1.04 bits per heavy atom. The van der Waals surface area contributed by atoms with Gasteiger partial charge in [0.15, 0.2) is 0 Å². The van der Waals surface area contributed by atoms with Crippen LogP contribution in [0, 0.1) is 0 Å². The number of amides is 1. The Kier molecular flexibility index (Phi) is 7.65. The van der Waals surface area contributed by atoms with E-state index in [-0.39, 0.29) is 17.3 Å². The van der Waals surface area contributed by atoms with Gasteiger partial charge in [-0.2, -0.15) is 0 Å². The van der Waals surface area contributed by atoms with Crippen molar-refractivity contribution < 1.29 is 13.2 Å². The minimum Gasteiger partial charge on any atom is -0.376 e. The van der Waals surface area contributed by atoms with Gasteiger partial charge in [-0.1, -0.05) is 24.9 Å². The van der Waals surface area contributed by atoms with Crippen LogP contribution >= 0.6 is 11.6 Å². The second-order valence-corrected chi connectivity index (χ2v) is 8.59. The number of hydrogen-bond acceptors (Lipinski definition) is 4. The van der Waals surface area contributed by atoms with E-state index in [0.29, 0.717) is 22.9 Å². The Hall–Kier alpha value is -2.09. The Labute approximate surface area is 165 Å². The van der Waals surface area contributed by atoms with Gasteiger partial charge in [0.1, 0.15) is 0 Å². The number of unbranched alkanes of at least 4 members (excludes halogenated alkanes) is 1. The number of benzene rings is 2. The fraction of sp³-hybridized carbons (Fsp3) is 0.316. The van der Waals surface area contributed by atoms with Gasteiger partial charge in [0, 0.05) is 30.0 Å². The van der Waals surface area contributed by atoms with Crippen LogP contribution in [0.3, 0.4) is 0 Å². The van der Waals surface area contributed by atoms with Crippen molar-refractivity contribution in [2.45, 2.75) is 24.7 Å². The Morgan fingerprint density at radius 2 is 1.63 bits per heavy atom. The molecule has 0 aliphatic carbocycles. The summed E-state index contributed by atoms with van der Waals surface area (Å²) in [4.78, 5) is 12.2. The normalized spacial score (nSPS) is 11.4. The van der Waals surface area contributed by atoms with Crippen molar-refractivity contribution in [1.82, 2.24) is 4.31 Å². The first-order valence-corrected chi connectivity index (χ1v) is 10.5. The standard InChI is InChI=1S/C19H24ClN3O3S/c1-3-4-13-23(2)27(25,26)18-11-9-16(10-12-18)21-14-19(24)22-17-7-5-15(20)6-8-17/h5-12,21H,3-4,13-14H2,1-2H3,(H,22,24). The third kappa shape index (κ3) is 6.23. The summed E-state index contributed by atoms with van der Waals surface area (Å²) in [6.45, 7) is 2.57. The second kappa shape index (κ2) is 9.73. The Bertz CT molecular complexity index is 853. The number of carbonyl (C=O) groups excluding carboxylic acids is 1. The zero-order valence-corrected chi connectivity index (χ0v) is 17.0. The number of rotatable bonds is 9. The number of anilines is 2. The van der Waals surface area contributed by atoms with Crippen LogP contribution in [0.25, 0.3) is 0 Å². The number of sulfonamides is 1. The van der Waals surface area contributed by atoms with E-state index in [1.807, 2.05) is 6.92 Å². The summed E-state index contributed by atoms with van der Waals surface area (Å²) in [5.74, 6) is -0.215. The first-order chi connectivity index (χ1) is 12.8. The quantitative estimate of drug-likeness (QED) is 0.660. The maximum absolute atomic E-state index is 12.5. The SMILES string of the molecule is CCCCN(C)S(=O)(=O)c1ccc(NCC(=O)Nc2ccc(Cl)cc2)cc1. The zero-order valence-electron chi connectivity index (χ0n) is 15.4. The molecule has 1 amide bonds. The summed E-state index contributed by atoms with van der Waals surface area (Å²) >= 11 is 5.81. The maximum atomic E-state index is 12.5. The molecule has 0 saturated carbocycles. The van der Waals surface area contributed by atoms with E-state index < -0.39 is 10.0 Å². The van der Waals surface area contributed by atoms with E-state index in [1.54, 1.807) is 43.4 Å². The summed E-state index contributed by atoms with van der Waals surface area (Å²) in [7, 11) is -1.91. The van der Waals surface area contributed by atoms with Gasteiger partial charge in [-0.15, -0.1) is 0 Å². The van der Waals surface area contributed by atoms with E-state index in [9.17, 15) is 13.2 Å².